The minimum Gasteiger partial charge on any atom is -0.389 e. The smallest absolute Gasteiger partial charge is 0.223 e. The Bertz CT molecular complexity index is 543. The van der Waals surface area contributed by atoms with Crippen molar-refractivity contribution in [3.8, 4) is 0 Å². The summed E-state index contributed by atoms with van der Waals surface area (Å²) in [6, 6.07) is 7.75. The maximum absolute atomic E-state index is 12.3. The molecular weight excluding hydrogens is 268 g/mol. The van der Waals surface area contributed by atoms with Crippen molar-refractivity contribution in [2.75, 3.05) is 0 Å². The lowest BCUT2D eigenvalue weighted by Crippen LogP contribution is -2.33. The maximum atomic E-state index is 12.3. The van der Waals surface area contributed by atoms with E-state index in [9.17, 15) is 4.79 Å². The molecule has 2 bridgehead atoms. The van der Waals surface area contributed by atoms with E-state index in [1.807, 2.05) is 24.3 Å². The van der Waals surface area contributed by atoms with Gasteiger partial charge in [-0.2, -0.15) is 0 Å². The van der Waals surface area contributed by atoms with Gasteiger partial charge in [0, 0.05) is 18.0 Å². The average Bonchev–Trinajstić information content (AvgIpc) is 3.07. The van der Waals surface area contributed by atoms with Crippen molar-refractivity contribution in [1.29, 1.82) is 0 Å². The molecule has 2 aliphatic rings. The zero-order valence-electron chi connectivity index (χ0n) is 11.5. The molecule has 3 unspecified atom stereocenters. The maximum Gasteiger partial charge on any atom is 0.223 e. The third-order valence-corrected chi connectivity index (χ3v) is 4.99. The lowest BCUT2D eigenvalue weighted by Gasteiger charge is -2.20. The van der Waals surface area contributed by atoms with Gasteiger partial charge in [0.05, 0.1) is 0 Å². The van der Waals surface area contributed by atoms with Gasteiger partial charge < -0.3 is 11.1 Å². The summed E-state index contributed by atoms with van der Waals surface area (Å²) in [6.07, 6.45) is 4.91. The first-order valence-electron chi connectivity index (χ1n) is 7.30. The second kappa shape index (κ2) is 5.52. The summed E-state index contributed by atoms with van der Waals surface area (Å²) in [4.78, 5) is 12.7. The lowest BCUT2D eigenvalue weighted by atomic mass is 9.88. The normalized spacial score (nSPS) is 27.5. The molecule has 2 saturated carbocycles. The van der Waals surface area contributed by atoms with E-state index in [1.54, 1.807) is 0 Å². The molecule has 3 atom stereocenters. The highest BCUT2D eigenvalue weighted by Crippen LogP contribution is 2.48. The van der Waals surface area contributed by atoms with Crippen LogP contribution in [0.5, 0.6) is 0 Å². The van der Waals surface area contributed by atoms with Gasteiger partial charge in [-0.25, -0.2) is 0 Å². The van der Waals surface area contributed by atoms with Crippen molar-refractivity contribution in [3.63, 3.8) is 0 Å². The predicted octanol–water partition coefficient (Wildman–Crippen LogP) is 2.37. The Hall–Kier alpha value is -1.42. The molecule has 0 spiro atoms. The Morgan fingerprint density at radius 1 is 1.35 bits per heavy atom. The summed E-state index contributed by atoms with van der Waals surface area (Å²) in [5.74, 6) is 1.89. The van der Waals surface area contributed by atoms with Crippen LogP contribution in [0, 0.1) is 17.8 Å². The molecule has 0 radical (unpaired) electrons. The number of hydrogen-bond donors (Lipinski definition) is 2. The summed E-state index contributed by atoms with van der Waals surface area (Å²) >= 11 is 4.97. The molecule has 20 heavy (non-hydrogen) atoms. The summed E-state index contributed by atoms with van der Waals surface area (Å²) in [6.45, 7) is 0.559. The first-order valence-corrected chi connectivity index (χ1v) is 7.71. The van der Waals surface area contributed by atoms with E-state index in [4.69, 9.17) is 18.0 Å². The van der Waals surface area contributed by atoms with Gasteiger partial charge >= 0.3 is 0 Å². The second-order valence-electron chi connectivity index (χ2n) is 6.06. The number of benzene rings is 1. The summed E-state index contributed by atoms with van der Waals surface area (Å²) in [5.41, 5.74) is 7.52. The third kappa shape index (κ3) is 2.70. The van der Waals surface area contributed by atoms with Crippen molar-refractivity contribution < 1.29 is 4.79 Å². The predicted molar refractivity (Wildman–Crippen MR) is 83.1 cm³/mol. The fourth-order valence-corrected chi connectivity index (χ4v) is 3.85. The fraction of sp³-hybridized carbons (Fsp3) is 0.500. The van der Waals surface area contributed by atoms with Crippen molar-refractivity contribution in [2.24, 2.45) is 23.5 Å². The minimum atomic E-state index is 0.220. The van der Waals surface area contributed by atoms with Gasteiger partial charge in [-0.1, -0.05) is 36.8 Å². The van der Waals surface area contributed by atoms with Crippen LogP contribution in [-0.4, -0.2) is 10.9 Å². The zero-order chi connectivity index (χ0) is 14.1. The molecule has 2 fully saturated rings. The van der Waals surface area contributed by atoms with Crippen molar-refractivity contribution in [3.05, 3.63) is 35.4 Å². The van der Waals surface area contributed by atoms with Gasteiger partial charge in [-0.15, -0.1) is 0 Å². The summed E-state index contributed by atoms with van der Waals surface area (Å²) < 4.78 is 0. The lowest BCUT2D eigenvalue weighted by molar-refractivity contribution is -0.126. The Labute approximate surface area is 124 Å². The molecular formula is C16H20N2OS. The number of carbonyl (C=O) groups is 1. The van der Waals surface area contributed by atoms with Crippen LogP contribution in [-0.2, 0) is 11.3 Å². The molecule has 1 amide bonds. The number of thiocarbonyl (C=S) groups is 1. The van der Waals surface area contributed by atoms with Crippen LogP contribution in [0.15, 0.2) is 24.3 Å². The average molecular weight is 288 g/mol. The second-order valence-corrected chi connectivity index (χ2v) is 6.50. The van der Waals surface area contributed by atoms with E-state index in [1.165, 1.54) is 19.3 Å². The Balaban J connectivity index is 1.58. The minimum absolute atomic E-state index is 0.220. The topological polar surface area (TPSA) is 55.1 Å². The van der Waals surface area contributed by atoms with Crippen LogP contribution in [0.25, 0.3) is 0 Å². The number of fused-ring (bicyclic) bond motifs is 2. The number of amides is 1. The zero-order valence-corrected chi connectivity index (χ0v) is 12.3. The van der Waals surface area contributed by atoms with Crippen LogP contribution in [0.4, 0.5) is 0 Å². The molecule has 1 aromatic rings. The number of rotatable bonds is 4. The highest BCUT2D eigenvalue weighted by molar-refractivity contribution is 7.80. The largest absolute Gasteiger partial charge is 0.389 e. The highest BCUT2D eigenvalue weighted by Gasteiger charge is 2.42. The van der Waals surface area contributed by atoms with Crippen molar-refractivity contribution in [2.45, 2.75) is 32.2 Å². The summed E-state index contributed by atoms with van der Waals surface area (Å²) in [5, 5.41) is 3.07. The van der Waals surface area contributed by atoms with Crippen LogP contribution < -0.4 is 11.1 Å². The fourth-order valence-electron chi connectivity index (χ4n) is 3.72. The Kier molecular flexibility index (Phi) is 3.74. The van der Waals surface area contributed by atoms with Gasteiger partial charge in [-0.05, 0) is 42.7 Å². The molecule has 106 valence electrons. The number of nitrogens with two attached hydrogens (primary N) is 1. The van der Waals surface area contributed by atoms with Crippen LogP contribution in [0.3, 0.4) is 0 Å². The van der Waals surface area contributed by atoms with Gasteiger partial charge in [0.1, 0.15) is 4.99 Å². The molecule has 1 aromatic carbocycles. The van der Waals surface area contributed by atoms with E-state index >= 15 is 0 Å². The molecule has 0 aromatic heterocycles. The van der Waals surface area contributed by atoms with E-state index in [-0.39, 0.29) is 11.8 Å². The first-order chi connectivity index (χ1) is 9.63. The number of nitrogens with one attached hydrogen (secondary N) is 1. The van der Waals surface area contributed by atoms with E-state index in [2.05, 4.69) is 5.32 Å². The molecule has 0 aliphatic heterocycles. The van der Waals surface area contributed by atoms with Gasteiger partial charge in [0.2, 0.25) is 5.91 Å². The van der Waals surface area contributed by atoms with Crippen molar-refractivity contribution >= 4 is 23.1 Å². The van der Waals surface area contributed by atoms with Crippen molar-refractivity contribution in [1.82, 2.24) is 5.32 Å². The molecule has 4 heteroatoms. The van der Waals surface area contributed by atoms with E-state index in [0.717, 1.165) is 23.5 Å². The van der Waals surface area contributed by atoms with E-state index < -0.39 is 0 Å². The van der Waals surface area contributed by atoms with Gasteiger partial charge in [0.15, 0.2) is 0 Å². The standard InChI is InChI=1S/C16H20N2OS/c17-15(20)13-3-1-2-11(7-13)9-18-16(19)14-8-10-4-5-12(14)6-10/h1-3,7,10,12,14H,4-6,8-9H2,(H2,17,20)(H,18,19). The Morgan fingerprint density at radius 2 is 2.20 bits per heavy atom. The van der Waals surface area contributed by atoms with Gasteiger partial charge in [-0.3, -0.25) is 4.79 Å². The SMILES string of the molecule is NC(=S)c1cccc(CNC(=O)C2CC3CCC2C3)c1. The highest BCUT2D eigenvalue weighted by atomic mass is 32.1. The molecule has 3 rings (SSSR count). The number of carbonyl (C=O) groups excluding carboxylic acids is 1. The first kappa shape index (κ1) is 13.6. The monoisotopic (exact) mass is 288 g/mol. The van der Waals surface area contributed by atoms with Crippen LogP contribution in [0.2, 0.25) is 0 Å². The third-order valence-electron chi connectivity index (χ3n) is 4.75. The quantitative estimate of drug-likeness (QED) is 0.836. The molecule has 3 nitrogen and oxygen atoms in total. The van der Waals surface area contributed by atoms with Crippen LogP contribution in [0.1, 0.15) is 36.8 Å². The Morgan fingerprint density at radius 3 is 2.85 bits per heavy atom. The van der Waals surface area contributed by atoms with Gasteiger partial charge in [0.25, 0.3) is 0 Å². The van der Waals surface area contributed by atoms with Crippen LogP contribution >= 0.6 is 12.2 Å². The molecule has 2 aliphatic carbocycles. The summed E-state index contributed by atoms with van der Waals surface area (Å²) in [7, 11) is 0. The molecule has 0 heterocycles. The van der Waals surface area contributed by atoms with E-state index in [0.29, 0.717) is 17.5 Å². The molecule has 3 N–H and O–H groups in total. The molecule has 0 saturated heterocycles. The number of hydrogen-bond acceptors (Lipinski definition) is 2.